The first-order chi connectivity index (χ1) is 4.78. The van der Waals surface area contributed by atoms with Gasteiger partial charge >= 0.3 is 0 Å². The minimum Gasteiger partial charge on any atom is -0.0845 e. The molecule has 0 aromatic rings. The van der Waals surface area contributed by atoms with E-state index in [0.29, 0.717) is 5.41 Å². The summed E-state index contributed by atoms with van der Waals surface area (Å²) < 4.78 is 0. The normalized spacial score (nSPS) is 62.3. The van der Waals surface area contributed by atoms with Crippen LogP contribution >= 0.6 is 0 Å². The van der Waals surface area contributed by atoms with Gasteiger partial charge in [0.15, 0.2) is 0 Å². The smallest absolute Gasteiger partial charge is 0.0110 e. The summed E-state index contributed by atoms with van der Waals surface area (Å²) in [6.07, 6.45) is 9.52. The number of rotatable bonds is 0. The average Bonchev–Trinajstić information content (AvgIpc) is 2.39. The molecule has 4 unspecified atom stereocenters. The molecular formula is C10H14. The van der Waals surface area contributed by atoms with Crippen molar-refractivity contribution in [2.75, 3.05) is 0 Å². The fourth-order valence-electron chi connectivity index (χ4n) is 3.63. The van der Waals surface area contributed by atoms with Crippen molar-refractivity contribution >= 4 is 0 Å². The zero-order valence-electron chi connectivity index (χ0n) is 6.51. The molecule has 0 aromatic heterocycles. The maximum Gasteiger partial charge on any atom is -0.0110 e. The van der Waals surface area contributed by atoms with Gasteiger partial charge < -0.3 is 0 Å². The zero-order valence-corrected chi connectivity index (χ0v) is 6.51. The second-order valence-electron chi connectivity index (χ2n) is 4.68. The summed E-state index contributed by atoms with van der Waals surface area (Å²) >= 11 is 0. The van der Waals surface area contributed by atoms with Crippen LogP contribution in [0.1, 0.15) is 26.2 Å². The summed E-state index contributed by atoms with van der Waals surface area (Å²) in [6.45, 7) is 2.45. The number of allylic oxidation sites excluding steroid dienone is 2. The van der Waals surface area contributed by atoms with Gasteiger partial charge in [-0.2, -0.15) is 0 Å². The van der Waals surface area contributed by atoms with Crippen LogP contribution in [0.4, 0.5) is 0 Å². The van der Waals surface area contributed by atoms with E-state index in [1.165, 1.54) is 19.3 Å². The summed E-state index contributed by atoms with van der Waals surface area (Å²) in [5.41, 5.74) is 0.646. The van der Waals surface area contributed by atoms with Crippen LogP contribution in [0.2, 0.25) is 0 Å². The lowest BCUT2D eigenvalue weighted by atomic mass is 9.76. The summed E-state index contributed by atoms with van der Waals surface area (Å²) in [5, 5.41) is 0. The minimum atomic E-state index is 0.646. The van der Waals surface area contributed by atoms with Crippen LogP contribution in [0, 0.1) is 23.2 Å². The van der Waals surface area contributed by atoms with Crippen molar-refractivity contribution in [3.05, 3.63) is 12.2 Å². The first-order valence-corrected chi connectivity index (χ1v) is 4.47. The van der Waals surface area contributed by atoms with E-state index in [0.717, 1.165) is 17.8 Å². The first kappa shape index (κ1) is 5.40. The van der Waals surface area contributed by atoms with Crippen LogP contribution < -0.4 is 0 Å². The predicted octanol–water partition coefficient (Wildman–Crippen LogP) is 2.61. The number of hydrogen-bond acceptors (Lipinski definition) is 0. The second kappa shape index (κ2) is 1.34. The minimum absolute atomic E-state index is 0.646. The summed E-state index contributed by atoms with van der Waals surface area (Å²) in [7, 11) is 0. The third-order valence-electron chi connectivity index (χ3n) is 4.01. The van der Waals surface area contributed by atoms with Gasteiger partial charge in [-0.25, -0.2) is 0 Å². The van der Waals surface area contributed by atoms with Gasteiger partial charge in [-0.05, 0) is 42.4 Å². The van der Waals surface area contributed by atoms with E-state index in [1.807, 2.05) is 0 Å². The molecule has 0 nitrogen and oxygen atoms in total. The van der Waals surface area contributed by atoms with Gasteiger partial charge in [-0.3, -0.25) is 0 Å². The van der Waals surface area contributed by atoms with Crippen molar-refractivity contribution in [2.45, 2.75) is 26.2 Å². The van der Waals surface area contributed by atoms with Crippen LogP contribution in [0.15, 0.2) is 12.2 Å². The summed E-state index contributed by atoms with van der Waals surface area (Å²) in [5.74, 6) is 3.14. The summed E-state index contributed by atoms with van der Waals surface area (Å²) in [6, 6.07) is 0. The lowest BCUT2D eigenvalue weighted by molar-refractivity contribution is 0.241. The molecule has 0 heteroatoms. The Labute approximate surface area is 62.3 Å². The molecule has 0 spiro atoms. The van der Waals surface area contributed by atoms with E-state index in [2.05, 4.69) is 19.1 Å². The fourth-order valence-corrected chi connectivity index (χ4v) is 3.63. The maximum absolute atomic E-state index is 2.50. The molecule has 0 saturated heterocycles. The highest BCUT2D eigenvalue weighted by Crippen LogP contribution is 2.62. The molecule has 0 radical (unpaired) electrons. The Balaban J connectivity index is 2.12. The first-order valence-electron chi connectivity index (χ1n) is 4.47. The molecule has 4 atom stereocenters. The van der Waals surface area contributed by atoms with E-state index in [4.69, 9.17) is 0 Å². The molecule has 0 aliphatic heterocycles. The Morgan fingerprint density at radius 3 is 2.90 bits per heavy atom. The lowest BCUT2D eigenvalue weighted by Gasteiger charge is -2.28. The van der Waals surface area contributed by atoms with Crippen LogP contribution in [-0.2, 0) is 0 Å². The molecule has 2 fully saturated rings. The Kier molecular flexibility index (Phi) is 0.725. The molecule has 2 bridgehead atoms. The van der Waals surface area contributed by atoms with E-state index in [-0.39, 0.29) is 0 Å². The van der Waals surface area contributed by atoms with Gasteiger partial charge in [0.2, 0.25) is 0 Å². The molecule has 2 saturated carbocycles. The predicted molar refractivity (Wildman–Crippen MR) is 41.6 cm³/mol. The van der Waals surface area contributed by atoms with Gasteiger partial charge in [0.05, 0.1) is 0 Å². The van der Waals surface area contributed by atoms with E-state index < -0.39 is 0 Å². The molecule has 0 aromatic carbocycles. The van der Waals surface area contributed by atoms with Crippen molar-refractivity contribution in [3.8, 4) is 0 Å². The standard InChI is InChI=1S/C10H14/c1-10-3-2-8-4-7(6-10)5-9(8)10/h2-3,7-9H,4-6H2,1H3. The molecule has 0 heterocycles. The van der Waals surface area contributed by atoms with Crippen LogP contribution in [0.3, 0.4) is 0 Å². The van der Waals surface area contributed by atoms with Crippen LogP contribution in [-0.4, -0.2) is 0 Å². The molecule has 3 aliphatic carbocycles. The third kappa shape index (κ3) is 0.426. The third-order valence-corrected chi connectivity index (χ3v) is 4.01. The van der Waals surface area contributed by atoms with E-state index in [1.54, 1.807) is 0 Å². The highest BCUT2D eigenvalue weighted by molar-refractivity contribution is 5.21. The topological polar surface area (TPSA) is 0 Å². The van der Waals surface area contributed by atoms with Crippen molar-refractivity contribution in [2.24, 2.45) is 23.2 Å². The van der Waals surface area contributed by atoms with Gasteiger partial charge in [-0.15, -0.1) is 0 Å². The van der Waals surface area contributed by atoms with Crippen LogP contribution in [0.5, 0.6) is 0 Å². The Hall–Kier alpha value is -0.260. The van der Waals surface area contributed by atoms with Crippen molar-refractivity contribution in [3.63, 3.8) is 0 Å². The Morgan fingerprint density at radius 2 is 2.30 bits per heavy atom. The van der Waals surface area contributed by atoms with Gasteiger partial charge in [0, 0.05) is 0 Å². The van der Waals surface area contributed by atoms with Gasteiger partial charge in [-0.1, -0.05) is 19.1 Å². The molecule has 54 valence electrons. The quantitative estimate of drug-likeness (QED) is 0.447. The molecule has 10 heavy (non-hydrogen) atoms. The van der Waals surface area contributed by atoms with Crippen molar-refractivity contribution in [1.29, 1.82) is 0 Å². The monoisotopic (exact) mass is 134 g/mol. The molecular weight excluding hydrogens is 120 g/mol. The highest BCUT2D eigenvalue weighted by Gasteiger charge is 2.53. The summed E-state index contributed by atoms with van der Waals surface area (Å²) in [4.78, 5) is 0. The second-order valence-corrected chi connectivity index (χ2v) is 4.68. The Morgan fingerprint density at radius 1 is 1.40 bits per heavy atom. The Bertz CT molecular complexity index is 204. The van der Waals surface area contributed by atoms with Gasteiger partial charge in [0.25, 0.3) is 0 Å². The highest BCUT2D eigenvalue weighted by atomic mass is 14.6. The molecule has 3 aliphatic rings. The largest absolute Gasteiger partial charge is 0.0845 e. The number of fused-ring (bicyclic) bond motifs is 1. The van der Waals surface area contributed by atoms with Crippen LogP contribution in [0.25, 0.3) is 0 Å². The fraction of sp³-hybridized carbons (Fsp3) is 0.800. The van der Waals surface area contributed by atoms with Crippen molar-refractivity contribution < 1.29 is 0 Å². The number of hydrogen-bond donors (Lipinski definition) is 0. The zero-order chi connectivity index (χ0) is 6.77. The molecule has 0 N–H and O–H groups in total. The SMILES string of the molecule is CC12C=CC3CC(CC31)C2. The van der Waals surface area contributed by atoms with E-state index in [9.17, 15) is 0 Å². The average molecular weight is 134 g/mol. The van der Waals surface area contributed by atoms with E-state index >= 15 is 0 Å². The molecule has 3 rings (SSSR count). The maximum atomic E-state index is 2.50. The molecule has 0 amide bonds. The van der Waals surface area contributed by atoms with Crippen molar-refractivity contribution in [1.82, 2.24) is 0 Å². The van der Waals surface area contributed by atoms with Gasteiger partial charge in [0.1, 0.15) is 0 Å². The lowest BCUT2D eigenvalue weighted by Crippen LogP contribution is -2.21.